The fourth-order valence-electron chi connectivity index (χ4n) is 2.28. The Bertz CT molecular complexity index is 999. The van der Waals surface area contributed by atoms with E-state index < -0.39 is 30.2 Å². The first-order chi connectivity index (χ1) is 12.8. The zero-order chi connectivity index (χ0) is 19.6. The molecule has 27 heavy (non-hydrogen) atoms. The molecule has 1 N–H and O–H groups in total. The number of thiophene rings is 1. The predicted octanol–water partition coefficient (Wildman–Crippen LogP) is 5.37. The number of halogens is 4. The quantitative estimate of drug-likeness (QED) is 0.585. The van der Waals surface area contributed by atoms with Crippen molar-refractivity contribution in [3.63, 3.8) is 0 Å². The van der Waals surface area contributed by atoms with Gasteiger partial charge in [0.2, 0.25) is 0 Å². The van der Waals surface area contributed by atoms with E-state index in [9.17, 15) is 22.8 Å². The Morgan fingerprint density at radius 1 is 1.07 bits per heavy atom. The van der Waals surface area contributed by atoms with Crippen LogP contribution < -0.4 is 5.32 Å². The molecule has 1 heterocycles. The topological polar surface area (TPSA) is 55.4 Å². The van der Waals surface area contributed by atoms with E-state index >= 15 is 0 Å². The number of hydrogen-bond donors (Lipinski definition) is 1. The standard InChI is InChI=1S/C18H11ClF3NO3S/c19-15-12-3-1-2-4-13(12)27-16(15)17(25)26-9-14(24)23-11-7-5-10(6-8-11)18(20,21)22/h1-8H,9H2,(H,23,24). The predicted molar refractivity (Wildman–Crippen MR) is 97.2 cm³/mol. The second kappa shape index (κ2) is 7.58. The van der Waals surface area contributed by atoms with Gasteiger partial charge in [0.1, 0.15) is 4.88 Å². The highest BCUT2D eigenvalue weighted by Gasteiger charge is 2.30. The third-order valence-electron chi connectivity index (χ3n) is 3.55. The van der Waals surface area contributed by atoms with Gasteiger partial charge in [-0.25, -0.2) is 4.79 Å². The van der Waals surface area contributed by atoms with Gasteiger partial charge in [-0.05, 0) is 30.3 Å². The van der Waals surface area contributed by atoms with E-state index in [4.69, 9.17) is 16.3 Å². The first-order valence-corrected chi connectivity index (χ1v) is 8.76. The molecule has 0 spiro atoms. The Kier molecular flexibility index (Phi) is 5.38. The van der Waals surface area contributed by atoms with Crippen molar-refractivity contribution in [2.75, 3.05) is 11.9 Å². The second-order valence-corrected chi connectivity index (χ2v) is 6.87. The molecule has 0 atom stereocenters. The van der Waals surface area contributed by atoms with Crippen LogP contribution in [-0.2, 0) is 15.7 Å². The molecule has 0 bridgehead atoms. The van der Waals surface area contributed by atoms with Crippen LogP contribution >= 0.6 is 22.9 Å². The number of anilines is 1. The van der Waals surface area contributed by atoms with E-state index in [2.05, 4.69) is 5.32 Å². The maximum Gasteiger partial charge on any atom is 0.416 e. The number of nitrogens with one attached hydrogen (secondary N) is 1. The number of esters is 1. The number of benzene rings is 2. The van der Waals surface area contributed by atoms with Gasteiger partial charge in [-0.15, -0.1) is 11.3 Å². The molecular formula is C18H11ClF3NO3S. The van der Waals surface area contributed by atoms with Crippen LogP contribution in [0.3, 0.4) is 0 Å². The number of rotatable bonds is 4. The molecule has 4 nitrogen and oxygen atoms in total. The fourth-order valence-corrected chi connectivity index (χ4v) is 3.68. The molecule has 2 aromatic carbocycles. The summed E-state index contributed by atoms with van der Waals surface area (Å²) < 4.78 is 43.3. The molecular weight excluding hydrogens is 403 g/mol. The highest BCUT2D eigenvalue weighted by Crippen LogP contribution is 2.35. The molecule has 0 unspecified atom stereocenters. The highest BCUT2D eigenvalue weighted by molar-refractivity contribution is 7.21. The zero-order valence-electron chi connectivity index (χ0n) is 13.5. The van der Waals surface area contributed by atoms with Crippen molar-refractivity contribution in [1.29, 1.82) is 0 Å². The highest BCUT2D eigenvalue weighted by atomic mass is 35.5. The second-order valence-electron chi connectivity index (χ2n) is 5.44. The maximum absolute atomic E-state index is 12.5. The summed E-state index contributed by atoms with van der Waals surface area (Å²) in [4.78, 5) is 24.2. The summed E-state index contributed by atoms with van der Waals surface area (Å²) in [6.45, 7) is -0.593. The Hall–Kier alpha value is -2.58. The van der Waals surface area contributed by atoms with E-state index in [-0.39, 0.29) is 15.6 Å². The van der Waals surface area contributed by atoms with Crippen LogP contribution in [0.15, 0.2) is 48.5 Å². The Labute approximate surface area is 160 Å². The molecule has 3 rings (SSSR count). The van der Waals surface area contributed by atoms with Gasteiger partial charge in [-0.1, -0.05) is 29.8 Å². The van der Waals surface area contributed by atoms with Crippen LogP contribution in [0.5, 0.6) is 0 Å². The minimum Gasteiger partial charge on any atom is -0.451 e. The molecule has 140 valence electrons. The lowest BCUT2D eigenvalue weighted by Crippen LogP contribution is -2.20. The number of amides is 1. The summed E-state index contributed by atoms with van der Waals surface area (Å²) in [7, 11) is 0. The SMILES string of the molecule is O=C(COC(=O)c1sc2ccccc2c1Cl)Nc1ccc(C(F)(F)F)cc1. The van der Waals surface area contributed by atoms with Gasteiger partial charge in [-0.2, -0.15) is 13.2 Å². The molecule has 0 saturated heterocycles. The van der Waals surface area contributed by atoms with Crippen LogP contribution in [0.4, 0.5) is 18.9 Å². The minimum atomic E-state index is -4.46. The van der Waals surface area contributed by atoms with Crippen molar-refractivity contribution < 1.29 is 27.5 Å². The van der Waals surface area contributed by atoms with Gasteiger partial charge in [0, 0.05) is 15.8 Å². The van der Waals surface area contributed by atoms with Crippen molar-refractivity contribution >= 4 is 50.6 Å². The van der Waals surface area contributed by atoms with Gasteiger partial charge in [0.05, 0.1) is 10.6 Å². The lowest BCUT2D eigenvalue weighted by Gasteiger charge is -2.09. The van der Waals surface area contributed by atoms with Gasteiger partial charge < -0.3 is 10.1 Å². The summed E-state index contributed by atoms with van der Waals surface area (Å²) in [5.41, 5.74) is -0.671. The van der Waals surface area contributed by atoms with E-state index in [0.717, 1.165) is 40.3 Å². The van der Waals surface area contributed by atoms with Gasteiger partial charge in [0.25, 0.3) is 5.91 Å². The van der Waals surface area contributed by atoms with Crippen LogP contribution in [0.25, 0.3) is 10.1 Å². The summed E-state index contributed by atoms with van der Waals surface area (Å²) >= 11 is 7.31. The lowest BCUT2D eigenvalue weighted by atomic mass is 10.2. The summed E-state index contributed by atoms with van der Waals surface area (Å²) in [5.74, 6) is -1.43. The number of carbonyl (C=O) groups excluding carboxylic acids is 2. The molecule has 9 heteroatoms. The lowest BCUT2D eigenvalue weighted by molar-refractivity contribution is -0.137. The van der Waals surface area contributed by atoms with Crippen molar-refractivity contribution in [2.24, 2.45) is 0 Å². The monoisotopic (exact) mass is 413 g/mol. The third kappa shape index (κ3) is 4.40. The third-order valence-corrected chi connectivity index (χ3v) is 5.21. The minimum absolute atomic E-state index is 0.156. The first-order valence-electron chi connectivity index (χ1n) is 7.57. The van der Waals surface area contributed by atoms with Crippen molar-refractivity contribution in [2.45, 2.75) is 6.18 Å². The molecule has 0 aliphatic carbocycles. The van der Waals surface area contributed by atoms with Crippen molar-refractivity contribution in [3.05, 3.63) is 64.0 Å². The average Bonchev–Trinajstić information content (AvgIpc) is 2.97. The number of carbonyl (C=O) groups is 2. The molecule has 0 radical (unpaired) electrons. The Morgan fingerprint density at radius 3 is 2.37 bits per heavy atom. The van der Waals surface area contributed by atoms with Crippen LogP contribution in [0.2, 0.25) is 5.02 Å². The summed E-state index contributed by atoms with van der Waals surface area (Å²) in [6, 6.07) is 11.1. The fraction of sp³-hybridized carbons (Fsp3) is 0.111. The number of fused-ring (bicyclic) bond motifs is 1. The van der Waals surface area contributed by atoms with E-state index in [1.54, 1.807) is 18.2 Å². The maximum atomic E-state index is 12.5. The molecule has 3 aromatic rings. The van der Waals surface area contributed by atoms with Crippen LogP contribution in [-0.4, -0.2) is 18.5 Å². The van der Waals surface area contributed by atoms with E-state index in [0.29, 0.717) is 5.39 Å². The molecule has 0 aliphatic heterocycles. The van der Waals surface area contributed by atoms with Gasteiger partial charge in [0.15, 0.2) is 6.61 Å². The smallest absolute Gasteiger partial charge is 0.416 e. The summed E-state index contributed by atoms with van der Waals surface area (Å²) in [6.07, 6.45) is -4.46. The Balaban J connectivity index is 1.60. The van der Waals surface area contributed by atoms with Gasteiger partial charge >= 0.3 is 12.1 Å². The van der Waals surface area contributed by atoms with E-state index in [1.165, 1.54) is 0 Å². The van der Waals surface area contributed by atoms with Crippen molar-refractivity contribution in [1.82, 2.24) is 0 Å². The van der Waals surface area contributed by atoms with E-state index in [1.807, 2.05) is 6.07 Å². The average molecular weight is 414 g/mol. The Morgan fingerprint density at radius 2 is 1.74 bits per heavy atom. The number of hydrogen-bond acceptors (Lipinski definition) is 4. The normalized spacial score (nSPS) is 11.4. The molecule has 0 fully saturated rings. The van der Waals surface area contributed by atoms with Crippen molar-refractivity contribution in [3.8, 4) is 0 Å². The first kappa shape index (κ1) is 19.2. The number of ether oxygens (including phenoxy) is 1. The molecule has 1 amide bonds. The van der Waals surface area contributed by atoms with Crippen LogP contribution in [0.1, 0.15) is 15.2 Å². The molecule has 0 aliphatic rings. The zero-order valence-corrected chi connectivity index (χ0v) is 15.0. The molecule has 1 aromatic heterocycles. The van der Waals surface area contributed by atoms with Crippen LogP contribution in [0, 0.1) is 0 Å². The summed E-state index contributed by atoms with van der Waals surface area (Å²) in [5, 5.41) is 3.32. The van der Waals surface area contributed by atoms with Gasteiger partial charge in [-0.3, -0.25) is 4.79 Å². The number of alkyl halides is 3. The molecule has 0 saturated carbocycles. The largest absolute Gasteiger partial charge is 0.451 e.